The maximum atomic E-state index is 14.0. The second kappa shape index (κ2) is 8.98. The Morgan fingerprint density at radius 2 is 1.88 bits per heavy atom. The molecular weight excluding hydrogens is 327 g/mol. The molecule has 2 heterocycles. The molecule has 0 spiro atoms. The molecule has 0 aromatic heterocycles. The molecule has 1 aromatic rings. The Morgan fingerprint density at radius 3 is 2.62 bits per heavy atom. The van der Waals surface area contributed by atoms with Crippen molar-refractivity contribution < 1.29 is 9.18 Å². The number of halogens is 1. The molecule has 2 aliphatic rings. The van der Waals surface area contributed by atoms with E-state index in [4.69, 9.17) is 0 Å². The predicted octanol–water partition coefficient (Wildman–Crippen LogP) is 4.71. The molecule has 0 atom stereocenters. The van der Waals surface area contributed by atoms with Gasteiger partial charge in [0.25, 0.3) is 0 Å². The maximum absolute atomic E-state index is 14.0. The van der Waals surface area contributed by atoms with Crippen LogP contribution >= 0.6 is 0 Å². The van der Waals surface area contributed by atoms with E-state index in [0.29, 0.717) is 18.5 Å². The lowest BCUT2D eigenvalue weighted by atomic mass is 9.91. The SMILES string of the molecule is CCCCC1CCN(CCCN2C(=O)CCc3ccc(F)c(C)c32)CC1. The zero-order chi connectivity index (χ0) is 18.5. The molecule has 144 valence electrons. The van der Waals surface area contributed by atoms with Gasteiger partial charge in [-0.25, -0.2) is 4.39 Å². The summed E-state index contributed by atoms with van der Waals surface area (Å²) in [5.41, 5.74) is 2.56. The first-order chi connectivity index (χ1) is 12.6. The molecule has 0 unspecified atom stereocenters. The van der Waals surface area contributed by atoms with Crippen molar-refractivity contribution >= 4 is 11.6 Å². The lowest BCUT2D eigenvalue weighted by molar-refractivity contribution is -0.118. The van der Waals surface area contributed by atoms with Gasteiger partial charge in [0.1, 0.15) is 5.82 Å². The monoisotopic (exact) mass is 360 g/mol. The third kappa shape index (κ3) is 4.46. The number of hydrogen-bond donors (Lipinski definition) is 0. The van der Waals surface area contributed by atoms with Crippen LogP contribution in [0.4, 0.5) is 10.1 Å². The van der Waals surface area contributed by atoms with Crippen molar-refractivity contribution in [1.29, 1.82) is 0 Å². The molecule has 1 amide bonds. The van der Waals surface area contributed by atoms with Crippen LogP contribution in [0.5, 0.6) is 0 Å². The number of carbonyl (C=O) groups is 1. The highest BCUT2D eigenvalue weighted by molar-refractivity contribution is 5.97. The molecule has 0 aliphatic carbocycles. The first kappa shape index (κ1) is 19.3. The molecule has 0 N–H and O–H groups in total. The van der Waals surface area contributed by atoms with E-state index in [1.165, 1.54) is 51.3 Å². The summed E-state index contributed by atoms with van der Waals surface area (Å²) in [7, 11) is 0. The second-order valence-electron chi connectivity index (χ2n) is 8.01. The summed E-state index contributed by atoms with van der Waals surface area (Å²) in [6.07, 6.45) is 8.90. The highest BCUT2D eigenvalue weighted by Crippen LogP contribution is 2.33. The van der Waals surface area contributed by atoms with E-state index in [9.17, 15) is 9.18 Å². The molecule has 0 radical (unpaired) electrons. The Labute approximate surface area is 157 Å². The highest BCUT2D eigenvalue weighted by Gasteiger charge is 2.27. The van der Waals surface area contributed by atoms with Gasteiger partial charge in [0, 0.05) is 18.5 Å². The fourth-order valence-electron chi connectivity index (χ4n) is 4.49. The minimum absolute atomic E-state index is 0.143. The standard InChI is InChI=1S/C22H33FN2O/c1-3-4-6-18-11-15-24(16-12-18)13-5-14-25-21(26)10-8-19-7-9-20(23)17(2)22(19)25/h7,9,18H,3-6,8,10-16H2,1-2H3. The topological polar surface area (TPSA) is 23.6 Å². The summed E-state index contributed by atoms with van der Waals surface area (Å²) in [5.74, 6) is 0.842. The van der Waals surface area contributed by atoms with E-state index < -0.39 is 0 Å². The number of hydrogen-bond acceptors (Lipinski definition) is 2. The van der Waals surface area contributed by atoms with Crippen molar-refractivity contribution in [2.75, 3.05) is 31.1 Å². The third-order valence-corrected chi connectivity index (χ3v) is 6.16. The Balaban J connectivity index is 1.52. The minimum Gasteiger partial charge on any atom is -0.312 e. The first-order valence-corrected chi connectivity index (χ1v) is 10.4. The van der Waals surface area contributed by atoms with E-state index in [0.717, 1.165) is 36.6 Å². The van der Waals surface area contributed by atoms with Crippen LogP contribution in [0.2, 0.25) is 0 Å². The summed E-state index contributed by atoms with van der Waals surface area (Å²) in [6.45, 7) is 8.17. The van der Waals surface area contributed by atoms with Gasteiger partial charge >= 0.3 is 0 Å². The summed E-state index contributed by atoms with van der Waals surface area (Å²) in [4.78, 5) is 16.8. The number of unbranched alkanes of at least 4 members (excludes halogenated alkanes) is 1. The zero-order valence-electron chi connectivity index (χ0n) is 16.4. The normalized spacial score (nSPS) is 19.0. The van der Waals surface area contributed by atoms with Gasteiger partial charge in [-0.15, -0.1) is 0 Å². The van der Waals surface area contributed by atoms with Crippen molar-refractivity contribution in [3.8, 4) is 0 Å². The van der Waals surface area contributed by atoms with Crippen molar-refractivity contribution in [3.05, 3.63) is 29.1 Å². The van der Waals surface area contributed by atoms with Gasteiger partial charge in [0.2, 0.25) is 5.91 Å². The van der Waals surface area contributed by atoms with E-state index in [1.807, 2.05) is 11.0 Å². The Kier molecular flexibility index (Phi) is 6.68. The second-order valence-corrected chi connectivity index (χ2v) is 8.01. The molecule has 0 saturated carbocycles. The molecule has 0 bridgehead atoms. The largest absolute Gasteiger partial charge is 0.312 e. The van der Waals surface area contributed by atoms with E-state index in [2.05, 4.69) is 11.8 Å². The summed E-state index contributed by atoms with van der Waals surface area (Å²) in [6, 6.07) is 3.38. The number of carbonyl (C=O) groups excluding carboxylic acids is 1. The first-order valence-electron chi connectivity index (χ1n) is 10.4. The van der Waals surface area contributed by atoms with Crippen LogP contribution in [0.15, 0.2) is 12.1 Å². The number of nitrogens with zero attached hydrogens (tertiary/aromatic N) is 2. The van der Waals surface area contributed by atoms with Crippen LogP contribution in [0, 0.1) is 18.7 Å². The van der Waals surface area contributed by atoms with Crippen LogP contribution < -0.4 is 4.90 Å². The van der Waals surface area contributed by atoms with Crippen molar-refractivity contribution in [1.82, 2.24) is 4.90 Å². The van der Waals surface area contributed by atoms with Gasteiger partial charge in [-0.3, -0.25) is 4.79 Å². The molecule has 1 aromatic carbocycles. The average Bonchev–Trinajstić information content (AvgIpc) is 2.65. The van der Waals surface area contributed by atoms with Gasteiger partial charge in [0.15, 0.2) is 0 Å². The van der Waals surface area contributed by atoms with Crippen LogP contribution in [-0.2, 0) is 11.2 Å². The lowest BCUT2D eigenvalue weighted by Crippen LogP contribution is -2.39. The van der Waals surface area contributed by atoms with Crippen molar-refractivity contribution in [2.45, 2.75) is 65.2 Å². The lowest BCUT2D eigenvalue weighted by Gasteiger charge is -2.34. The van der Waals surface area contributed by atoms with E-state index >= 15 is 0 Å². The van der Waals surface area contributed by atoms with Crippen molar-refractivity contribution in [3.63, 3.8) is 0 Å². The minimum atomic E-state index is -0.211. The predicted molar refractivity (Wildman–Crippen MR) is 105 cm³/mol. The van der Waals surface area contributed by atoms with E-state index in [1.54, 1.807) is 6.92 Å². The van der Waals surface area contributed by atoms with Crippen LogP contribution in [-0.4, -0.2) is 37.0 Å². The fourth-order valence-corrected chi connectivity index (χ4v) is 4.49. The summed E-state index contributed by atoms with van der Waals surface area (Å²) in [5, 5.41) is 0. The van der Waals surface area contributed by atoms with Crippen LogP contribution in [0.25, 0.3) is 0 Å². The molecule has 3 nitrogen and oxygen atoms in total. The highest BCUT2D eigenvalue weighted by atomic mass is 19.1. The van der Waals surface area contributed by atoms with Gasteiger partial charge in [-0.2, -0.15) is 0 Å². The number of benzene rings is 1. The third-order valence-electron chi connectivity index (χ3n) is 6.16. The summed E-state index contributed by atoms with van der Waals surface area (Å²) < 4.78 is 14.0. The summed E-state index contributed by atoms with van der Waals surface area (Å²) >= 11 is 0. The Bertz CT molecular complexity index is 623. The Hall–Kier alpha value is -1.42. The van der Waals surface area contributed by atoms with Gasteiger partial charge < -0.3 is 9.80 Å². The zero-order valence-corrected chi connectivity index (χ0v) is 16.4. The molecule has 3 rings (SSSR count). The maximum Gasteiger partial charge on any atom is 0.227 e. The van der Waals surface area contributed by atoms with Crippen LogP contribution in [0.3, 0.4) is 0 Å². The number of fused-ring (bicyclic) bond motifs is 1. The molecule has 4 heteroatoms. The number of rotatable bonds is 7. The average molecular weight is 361 g/mol. The Morgan fingerprint density at radius 1 is 1.12 bits per heavy atom. The van der Waals surface area contributed by atoms with Crippen LogP contribution in [0.1, 0.15) is 63.0 Å². The molecule has 1 saturated heterocycles. The number of aryl methyl sites for hydroxylation is 1. The molecule has 2 aliphatic heterocycles. The van der Waals surface area contributed by atoms with Crippen molar-refractivity contribution in [2.24, 2.45) is 5.92 Å². The number of anilines is 1. The van der Waals surface area contributed by atoms with Gasteiger partial charge in [-0.05, 0) is 69.8 Å². The molecular formula is C22H33FN2O. The number of likely N-dealkylation sites (tertiary alicyclic amines) is 1. The van der Waals surface area contributed by atoms with E-state index in [-0.39, 0.29) is 11.7 Å². The number of piperidine rings is 1. The molecule has 26 heavy (non-hydrogen) atoms. The number of amides is 1. The quantitative estimate of drug-likeness (QED) is 0.703. The fraction of sp³-hybridized carbons (Fsp3) is 0.682. The smallest absolute Gasteiger partial charge is 0.227 e. The van der Waals surface area contributed by atoms with Gasteiger partial charge in [0.05, 0.1) is 5.69 Å². The molecule has 1 fully saturated rings. The van der Waals surface area contributed by atoms with Gasteiger partial charge in [-0.1, -0.05) is 32.3 Å².